The van der Waals surface area contributed by atoms with Crippen molar-refractivity contribution in [2.24, 2.45) is 0 Å². The molecular formula is C23H27N3O5. The highest BCUT2D eigenvalue weighted by Crippen LogP contribution is 2.45. The van der Waals surface area contributed by atoms with Gasteiger partial charge >= 0.3 is 0 Å². The van der Waals surface area contributed by atoms with Crippen LogP contribution in [0.1, 0.15) is 12.8 Å². The SMILES string of the molecule is COc1ccccc1OC1CCCN(c2nncc3c(OC)c(OC)c(OC)cc23)C1. The third-order valence-corrected chi connectivity index (χ3v) is 5.49. The summed E-state index contributed by atoms with van der Waals surface area (Å²) in [6, 6.07) is 9.63. The monoisotopic (exact) mass is 425 g/mol. The van der Waals surface area contributed by atoms with Crippen molar-refractivity contribution in [3.8, 4) is 28.7 Å². The average molecular weight is 425 g/mol. The van der Waals surface area contributed by atoms with Gasteiger partial charge in [0, 0.05) is 11.9 Å². The lowest BCUT2D eigenvalue weighted by Crippen LogP contribution is -2.41. The van der Waals surface area contributed by atoms with E-state index in [4.69, 9.17) is 23.7 Å². The van der Waals surface area contributed by atoms with Crippen LogP contribution in [-0.4, -0.2) is 57.8 Å². The normalized spacial score (nSPS) is 16.1. The van der Waals surface area contributed by atoms with Gasteiger partial charge in [0.05, 0.1) is 46.6 Å². The minimum Gasteiger partial charge on any atom is -0.493 e. The molecule has 164 valence electrons. The Labute approximate surface area is 181 Å². The molecule has 0 saturated carbocycles. The van der Waals surface area contributed by atoms with Crippen molar-refractivity contribution in [2.45, 2.75) is 18.9 Å². The van der Waals surface area contributed by atoms with Gasteiger partial charge in [-0.2, -0.15) is 5.10 Å². The second-order valence-electron chi connectivity index (χ2n) is 7.25. The molecule has 0 N–H and O–H groups in total. The fourth-order valence-corrected chi connectivity index (χ4v) is 4.04. The number of nitrogens with zero attached hydrogens (tertiary/aromatic N) is 3. The summed E-state index contributed by atoms with van der Waals surface area (Å²) >= 11 is 0. The van der Waals surface area contributed by atoms with Gasteiger partial charge in [-0.3, -0.25) is 0 Å². The molecule has 8 nitrogen and oxygen atoms in total. The van der Waals surface area contributed by atoms with Gasteiger partial charge in [-0.25, -0.2) is 0 Å². The molecule has 0 bridgehead atoms. The van der Waals surface area contributed by atoms with Crippen LogP contribution in [0.15, 0.2) is 36.5 Å². The Morgan fingerprint density at radius 3 is 2.32 bits per heavy atom. The molecule has 2 aromatic carbocycles. The molecule has 1 unspecified atom stereocenters. The number of anilines is 1. The van der Waals surface area contributed by atoms with Gasteiger partial charge in [-0.1, -0.05) is 12.1 Å². The molecule has 0 radical (unpaired) electrons. The van der Waals surface area contributed by atoms with Gasteiger partial charge in [0.1, 0.15) is 6.10 Å². The lowest BCUT2D eigenvalue weighted by molar-refractivity contribution is 0.172. The minimum atomic E-state index is 0.00384. The van der Waals surface area contributed by atoms with Crippen LogP contribution >= 0.6 is 0 Å². The van der Waals surface area contributed by atoms with Crippen molar-refractivity contribution in [1.82, 2.24) is 10.2 Å². The highest BCUT2D eigenvalue weighted by molar-refractivity contribution is 5.99. The van der Waals surface area contributed by atoms with Gasteiger partial charge in [-0.15, -0.1) is 5.10 Å². The zero-order chi connectivity index (χ0) is 21.8. The molecule has 1 atom stereocenters. The molecule has 1 fully saturated rings. The maximum Gasteiger partial charge on any atom is 0.204 e. The van der Waals surface area contributed by atoms with Crippen LogP contribution in [0.4, 0.5) is 5.82 Å². The first-order valence-corrected chi connectivity index (χ1v) is 10.2. The highest BCUT2D eigenvalue weighted by atomic mass is 16.5. The highest BCUT2D eigenvalue weighted by Gasteiger charge is 2.27. The number of piperidine rings is 1. The number of ether oxygens (including phenoxy) is 5. The summed E-state index contributed by atoms with van der Waals surface area (Å²) in [4.78, 5) is 2.20. The average Bonchev–Trinajstić information content (AvgIpc) is 2.82. The molecule has 1 saturated heterocycles. The number of methoxy groups -OCH3 is 4. The molecule has 1 aliphatic heterocycles. The van der Waals surface area contributed by atoms with E-state index >= 15 is 0 Å². The van der Waals surface area contributed by atoms with Crippen molar-refractivity contribution in [3.63, 3.8) is 0 Å². The molecule has 3 aromatic rings. The summed E-state index contributed by atoms with van der Waals surface area (Å²) in [5.41, 5.74) is 0. The summed E-state index contributed by atoms with van der Waals surface area (Å²) in [6.07, 6.45) is 3.62. The first-order chi connectivity index (χ1) is 15.2. The van der Waals surface area contributed by atoms with Gasteiger partial charge in [0.2, 0.25) is 5.75 Å². The number of hydrogen-bond donors (Lipinski definition) is 0. The second kappa shape index (κ2) is 9.16. The van der Waals surface area contributed by atoms with E-state index in [0.29, 0.717) is 23.8 Å². The Bertz CT molecular complexity index is 1060. The van der Waals surface area contributed by atoms with E-state index in [1.54, 1.807) is 34.6 Å². The number of para-hydroxylation sites is 2. The van der Waals surface area contributed by atoms with Crippen LogP contribution < -0.4 is 28.6 Å². The molecule has 31 heavy (non-hydrogen) atoms. The van der Waals surface area contributed by atoms with Crippen LogP contribution in [0, 0.1) is 0 Å². The van der Waals surface area contributed by atoms with Gasteiger partial charge in [0.25, 0.3) is 0 Å². The van der Waals surface area contributed by atoms with Crippen molar-refractivity contribution in [3.05, 3.63) is 36.5 Å². The molecule has 8 heteroatoms. The Kier molecular flexibility index (Phi) is 6.16. The first-order valence-electron chi connectivity index (χ1n) is 10.2. The fraction of sp³-hybridized carbons (Fsp3) is 0.391. The molecule has 4 rings (SSSR count). The van der Waals surface area contributed by atoms with Crippen molar-refractivity contribution in [1.29, 1.82) is 0 Å². The first kappa shape index (κ1) is 20.8. The van der Waals surface area contributed by atoms with Crippen molar-refractivity contribution < 1.29 is 23.7 Å². The fourth-order valence-electron chi connectivity index (χ4n) is 4.04. The molecule has 1 aromatic heterocycles. The third kappa shape index (κ3) is 3.97. The Balaban J connectivity index is 1.68. The van der Waals surface area contributed by atoms with Crippen molar-refractivity contribution in [2.75, 3.05) is 46.4 Å². The lowest BCUT2D eigenvalue weighted by atomic mass is 10.1. The van der Waals surface area contributed by atoms with E-state index in [1.807, 2.05) is 30.3 Å². The zero-order valence-corrected chi connectivity index (χ0v) is 18.3. The van der Waals surface area contributed by atoms with E-state index in [9.17, 15) is 0 Å². The van der Waals surface area contributed by atoms with E-state index in [1.165, 1.54) is 0 Å². The maximum atomic E-state index is 6.28. The number of rotatable bonds is 7. The standard InChI is InChI=1S/C23H27N3O5/c1-27-18-9-5-6-10-19(18)31-15-8-7-11-26(14-15)23-16-12-20(28-2)22(30-4)21(29-3)17(16)13-24-25-23/h5-6,9-10,12-13,15H,7-8,11,14H2,1-4H3. The van der Waals surface area contributed by atoms with Crippen LogP contribution in [0.2, 0.25) is 0 Å². The van der Waals surface area contributed by atoms with Crippen LogP contribution in [0.25, 0.3) is 10.8 Å². The zero-order valence-electron chi connectivity index (χ0n) is 18.3. The summed E-state index contributed by atoms with van der Waals surface area (Å²) in [7, 11) is 6.45. The van der Waals surface area contributed by atoms with Crippen LogP contribution in [-0.2, 0) is 0 Å². The number of fused-ring (bicyclic) bond motifs is 1. The largest absolute Gasteiger partial charge is 0.493 e. The Morgan fingerprint density at radius 1 is 0.871 bits per heavy atom. The van der Waals surface area contributed by atoms with Crippen LogP contribution in [0.5, 0.6) is 28.7 Å². The van der Waals surface area contributed by atoms with Gasteiger partial charge < -0.3 is 28.6 Å². The molecule has 0 amide bonds. The van der Waals surface area contributed by atoms with E-state index in [0.717, 1.165) is 47.5 Å². The summed E-state index contributed by atoms with van der Waals surface area (Å²) in [5.74, 6) is 3.93. The van der Waals surface area contributed by atoms with E-state index < -0.39 is 0 Å². The summed E-state index contributed by atoms with van der Waals surface area (Å²) < 4.78 is 28.4. The quantitative estimate of drug-likeness (QED) is 0.567. The molecule has 2 heterocycles. The lowest BCUT2D eigenvalue weighted by Gasteiger charge is -2.34. The maximum absolute atomic E-state index is 6.28. The topological polar surface area (TPSA) is 75.2 Å². The Hall–Kier alpha value is -3.42. The predicted octanol–water partition coefficient (Wildman–Crippen LogP) is 3.71. The number of benzene rings is 2. The van der Waals surface area contributed by atoms with E-state index in [-0.39, 0.29) is 6.10 Å². The van der Waals surface area contributed by atoms with Crippen LogP contribution in [0.3, 0.4) is 0 Å². The Morgan fingerprint density at radius 2 is 1.61 bits per heavy atom. The molecular weight excluding hydrogens is 398 g/mol. The number of hydrogen-bond acceptors (Lipinski definition) is 8. The minimum absolute atomic E-state index is 0.00384. The van der Waals surface area contributed by atoms with Gasteiger partial charge in [-0.05, 0) is 31.0 Å². The molecule has 0 spiro atoms. The third-order valence-electron chi connectivity index (χ3n) is 5.49. The van der Waals surface area contributed by atoms with Gasteiger partial charge in [0.15, 0.2) is 28.8 Å². The predicted molar refractivity (Wildman–Crippen MR) is 118 cm³/mol. The summed E-state index contributed by atoms with van der Waals surface area (Å²) in [6.45, 7) is 1.54. The van der Waals surface area contributed by atoms with E-state index in [2.05, 4.69) is 15.1 Å². The summed E-state index contributed by atoms with van der Waals surface area (Å²) in [5, 5.41) is 10.4. The molecule has 0 aliphatic carbocycles. The smallest absolute Gasteiger partial charge is 0.204 e. The number of aromatic nitrogens is 2. The van der Waals surface area contributed by atoms with Crippen molar-refractivity contribution >= 4 is 16.6 Å². The second-order valence-corrected chi connectivity index (χ2v) is 7.25. The molecule has 1 aliphatic rings.